The molecule has 0 aromatic heterocycles. The average molecular weight is 499 g/mol. The van der Waals surface area contributed by atoms with Crippen LogP contribution in [0.25, 0.3) is 0 Å². The first kappa shape index (κ1) is 23.5. The van der Waals surface area contributed by atoms with Crippen LogP contribution in [0.5, 0.6) is 0 Å². The maximum absolute atomic E-state index is 11.9. The van der Waals surface area contributed by atoms with Crippen LogP contribution in [0.2, 0.25) is 0 Å². The largest absolute Gasteiger partial charge is 0.462 e. The van der Waals surface area contributed by atoms with Crippen LogP contribution in [0, 0.1) is 34.5 Å². The first-order valence-electron chi connectivity index (χ1n) is 12.1. The normalized spacial score (nSPS) is 51.3. The van der Waals surface area contributed by atoms with Gasteiger partial charge in [0.2, 0.25) is 0 Å². The number of carbonyl (C=O) groups is 2. The molecule has 0 amide bonds. The van der Waals surface area contributed by atoms with Gasteiger partial charge in [0.05, 0.1) is 6.61 Å². The van der Waals surface area contributed by atoms with Gasteiger partial charge in [-0.25, -0.2) is 0 Å². The second-order valence-electron chi connectivity index (χ2n) is 11.5. The number of ether oxygens (including phenoxy) is 2. The smallest absolute Gasteiger partial charge is 0.303 e. The zero-order valence-electron chi connectivity index (χ0n) is 19.7. The molecule has 9 atom stereocenters. The van der Waals surface area contributed by atoms with Gasteiger partial charge in [0.15, 0.2) is 0 Å². The fraction of sp³-hybridized carbons (Fsp3) is 0.920. The van der Waals surface area contributed by atoms with Crippen LogP contribution in [-0.2, 0) is 19.1 Å². The van der Waals surface area contributed by atoms with E-state index in [0.717, 1.165) is 51.4 Å². The van der Waals surface area contributed by atoms with Crippen molar-refractivity contribution in [1.82, 2.24) is 0 Å². The summed E-state index contributed by atoms with van der Waals surface area (Å²) >= 11 is 4.14. The van der Waals surface area contributed by atoms with Gasteiger partial charge in [-0.15, -0.1) is 0 Å². The summed E-state index contributed by atoms with van der Waals surface area (Å²) in [5, 5.41) is 10.9. The van der Waals surface area contributed by atoms with Crippen LogP contribution in [0.4, 0.5) is 0 Å². The second-order valence-corrected chi connectivity index (χ2v) is 13.0. The Morgan fingerprint density at radius 2 is 1.71 bits per heavy atom. The Kier molecular flexibility index (Phi) is 5.86. The Bertz CT molecular complexity index is 756. The quantitative estimate of drug-likeness (QED) is 0.436. The van der Waals surface area contributed by atoms with E-state index >= 15 is 0 Å². The highest BCUT2D eigenvalue weighted by molar-refractivity contribution is 9.10. The molecular formula is C25H39BrO5. The van der Waals surface area contributed by atoms with Crippen LogP contribution in [0.1, 0.15) is 86.0 Å². The van der Waals surface area contributed by atoms with E-state index in [1.165, 1.54) is 13.8 Å². The molecule has 0 aromatic carbocycles. The molecule has 4 fully saturated rings. The second kappa shape index (κ2) is 7.72. The van der Waals surface area contributed by atoms with Crippen molar-refractivity contribution in [2.24, 2.45) is 34.5 Å². The molecule has 1 N–H and O–H groups in total. The Morgan fingerprint density at radius 3 is 2.32 bits per heavy atom. The summed E-state index contributed by atoms with van der Waals surface area (Å²) in [6.45, 7) is 9.90. The van der Waals surface area contributed by atoms with Crippen molar-refractivity contribution >= 4 is 27.9 Å². The lowest BCUT2D eigenvalue weighted by molar-refractivity contribution is -0.196. The summed E-state index contributed by atoms with van der Waals surface area (Å²) in [4.78, 5) is 23.5. The number of aliphatic hydroxyl groups is 1. The Labute approximate surface area is 195 Å². The number of aliphatic hydroxyl groups excluding tert-OH is 1. The topological polar surface area (TPSA) is 72.8 Å². The minimum absolute atomic E-state index is 0.0129. The number of halogens is 1. The van der Waals surface area contributed by atoms with Crippen molar-refractivity contribution in [3.63, 3.8) is 0 Å². The third kappa shape index (κ3) is 3.25. The number of alkyl halides is 1. The number of rotatable bonds is 3. The lowest BCUT2D eigenvalue weighted by Crippen LogP contribution is -2.66. The van der Waals surface area contributed by atoms with Gasteiger partial charge in [-0.1, -0.05) is 29.8 Å². The molecule has 0 radical (unpaired) electrons. The summed E-state index contributed by atoms with van der Waals surface area (Å²) in [6, 6.07) is 0. The molecule has 0 aliphatic heterocycles. The van der Waals surface area contributed by atoms with Crippen LogP contribution in [0.15, 0.2) is 0 Å². The lowest BCUT2D eigenvalue weighted by atomic mass is 9.42. The average Bonchev–Trinajstić information content (AvgIpc) is 2.91. The lowest BCUT2D eigenvalue weighted by Gasteiger charge is -2.67. The van der Waals surface area contributed by atoms with Gasteiger partial charge in [-0.3, -0.25) is 9.59 Å². The maximum atomic E-state index is 11.9. The molecule has 0 unspecified atom stereocenters. The molecule has 4 rings (SSSR count). The van der Waals surface area contributed by atoms with E-state index in [0.29, 0.717) is 17.8 Å². The van der Waals surface area contributed by atoms with E-state index in [2.05, 4.69) is 36.7 Å². The van der Waals surface area contributed by atoms with Gasteiger partial charge in [0.25, 0.3) is 0 Å². The monoisotopic (exact) mass is 498 g/mol. The van der Waals surface area contributed by atoms with E-state index < -0.39 is 5.60 Å². The molecule has 0 aromatic rings. The zero-order valence-corrected chi connectivity index (χ0v) is 21.3. The van der Waals surface area contributed by atoms with Crippen LogP contribution >= 0.6 is 15.9 Å². The van der Waals surface area contributed by atoms with Gasteiger partial charge in [-0.2, -0.15) is 0 Å². The summed E-state index contributed by atoms with van der Waals surface area (Å²) < 4.78 is 11.4. The van der Waals surface area contributed by atoms with Gasteiger partial charge in [0.1, 0.15) is 11.7 Å². The highest BCUT2D eigenvalue weighted by atomic mass is 79.9. The number of esters is 2. The van der Waals surface area contributed by atoms with Crippen LogP contribution in [-0.4, -0.2) is 39.7 Å². The Morgan fingerprint density at radius 1 is 1.03 bits per heavy atom. The molecule has 176 valence electrons. The molecule has 31 heavy (non-hydrogen) atoms. The highest BCUT2D eigenvalue weighted by Crippen LogP contribution is 2.72. The van der Waals surface area contributed by atoms with Crippen molar-refractivity contribution in [3.05, 3.63) is 0 Å². The number of fused-ring (bicyclic) bond motifs is 5. The molecule has 0 saturated heterocycles. The predicted molar refractivity (Wildman–Crippen MR) is 122 cm³/mol. The number of hydrogen-bond acceptors (Lipinski definition) is 5. The molecule has 0 heterocycles. The fourth-order valence-electron chi connectivity index (χ4n) is 8.89. The molecule has 4 saturated carbocycles. The fourth-order valence-corrected chi connectivity index (χ4v) is 10.3. The number of hydrogen-bond donors (Lipinski definition) is 1. The highest BCUT2D eigenvalue weighted by Gasteiger charge is 2.70. The third-order valence-electron chi connectivity index (χ3n) is 10.3. The molecular weight excluding hydrogens is 460 g/mol. The Balaban J connectivity index is 1.66. The number of carbonyl (C=O) groups excluding carboxylic acids is 2. The van der Waals surface area contributed by atoms with Gasteiger partial charge >= 0.3 is 11.9 Å². The van der Waals surface area contributed by atoms with Gasteiger partial charge in [0, 0.05) is 35.4 Å². The SMILES string of the molecule is CC(=O)O[C@H]1C[C@@H](C)[C@]2(CO)[C@H]3CC[C@@]4(C)[C@@H](CC[C@]4(C)OC(C)=O)[C@@H]3CC[C@@]2(Br)C1. The molecule has 6 heteroatoms. The van der Waals surface area contributed by atoms with Crippen molar-refractivity contribution in [2.75, 3.05) is 6.61 Å². The van der Waals surface area contributed by atoms with Crippen LogP contribution in [0.3, 0.4) is 0 Å². The van der Waals surface area contributed by atoms with Crippen molar-refractivity contribution in [3.8, 4) is 0 Å². The van der Waals surface area contributed by atoms with E-state index in [1.807, 2.05) is 0 Å². The summed E-state index contributed by atoms with van der Waals surface area (Å²) in [5.41, 5.74) is -0.627. The molecule has 0 spiro atoms. The summed E-state index contributed by atoms with van der Waals surface area (Å²) in [7, 11) is 0. The van der Waals surface area contributed by atoms with E-state index in [1.54, 1.807) is 0 Å². The predicted octanol–water partition coefficient (Wildman–Crippen LogP) is 5.02. The van der Waals surface area contributed by atoms with Crippen molar-refractivity contribution in [1.29, 1.82) is 0 Å². The maximum Gasteiger partial charge on any atom is 0.303 e. The summed E-state index contributed by atoms with van der Waals surface area (Å²) in [6.07, 6.45) is 7.66. The van der Waals surface area contributed by atoms with Crippen molar-refractivity contribution < 1.29 is 24.2 Å². The third-order valence-corrected chi connectivity index (χ3v) is 11.8. The first-order valence-corrected chi connectivity index (χ1v) is 12.9. The minimum Gasteiger partial charge on any atom is -0.462 e. The van der Waals surface area contributed by atoms with Crippen LogP contribution < -0.4 is 0 Å². The minimum atomic E-state index is -0.400. The molecule has 4 aliphatic rings. The van der Waals surface area contributed by atoms with E-state index in [9.17, 15) is 14.7 Å². The molecule has 0 bridgehead atoms. The molecule has 4 aliphatic carbocycles. The van der Waals surface area contributed by atoms with Crippen molar-refractivity contribution in [2.45, 2.75) is 102 Å². The zero-order chi connectivity index (χ0) is 22.8. The first-order chi connectivity index (χ1) is 14.4. The van der Waals surface area contributed by atoms with E-state index in [4.69, 9.17) is 9.47 Å². The standard InChI is InChI=1S/C25H39BrO5/c1-15-12-18(30-16(2)28)13-24(26)11-6-19-20-8-10-23(5,31-17(3)29)22(20,4)9-7-21(19)25(15,24)14-27/h15,18-21,27H,6-14H2,1-5H3/t15-,18+,19+,20+,21+,22+,23+,24-,25-/m1/s1. The Hall–Kier alpha value is -0.620. The molecule has 5 nitrogen and oxygen atoms in total. The van der Waals surface area contributed by atoms with Gasteiger partial charge in [-0.05, 0) is 75.5 Å². The van der Waals surface area contributed by atoms with E-state index in [-0.39, 0.29) is 45.7 Å². The summed E-state index contributed by atoms with van der Waals surface area (Å²) in [5.74, 6) is 1.32. The van der Waals surface area contributed by atoms with Gasteiger partial charge < -0.3 is 14.6 Å².